The molecule has 1 aromatic carbocycles. The molecule has 120 valence electrons. The van der Waals surface area contributed by atoms with Crippen LogP contribution in [-0.2, 0) is 13.3 Å². The summed E-state index contributed by atoms with van der Waals surface area (Å²) in [5, 5.41) is 1.02. The van der Waals surface area contributed by atoms with Gasteiger partial charge < -0.3 is 13.3 Å². The molecule has 0 unspecified atom stereocenters. The first-order chi connectivity index (χ1) is 9.68. The zero-order chi connectivity index (χ0) is 16.1. The molecule has 0 saturated carbocycles. The molecular formula is C17H30O3Si. The summed E-state index contributed by atoms with van der Waals surface area (Å²) in [5.41, 5.74) is -0.381. The molecule has 1 rings (SSSR count). The molecular weight excluding hydrogens is 280 g/mol. The summed E-state index contributed by atoms with van der Waals surface area (Å²) in [6.45, 7) is 15.8. The molecule has 0 spiro atoms. The summed E-state index contributed by atoms with van der Waals surface area (Å²) >= 11 is 0. The second-order valence-corrected chi connectivity index (χ2v) is 9.12. The van der Waals surface area contributed by atoms with Gasteiger partial charge in [0.25, 0.3) is 0 Å². The maximum atomic E-state index is 6.55. The normalized spacial score (nSPS) is 13.5. The van der Waals surface area contributed by atoms with Crippen molar-refractivity contribution < 1.29 is 13.3 Å². The Morgan fingerprint density at radius 1 is 0.857 bits per heavy atom. The number of hydrogen-bond acceptors (Lipinski definition) is 3. The largest absolute Gasteiger partial charge is 0.537 e. The molecule has 4 heteroatoms. The van der Waals surface area contributed by atoms with Crippen LogP contribution in [0.2, 0.25) is 0 Å². The van der Waals surface area contributed by atoms with Gasteiger partial charge in [0, 0.05) is 18.4 Å². The maximum Gasteiger partial charge on any atom is 0.537 e. The van der Waals surface area contributed by atoms with Gasteiger partial charge in [0.2, 0.25) is 0 Å². The Balaban J connectivity index is 3.25. The van der Waals surface area contributed by atoms with Gasteiger partial charge in [-0.25, -0.2) is 0 Å². The first-order valence-corrected chi connectivity index (χ1v) is 9.44. The lowest BCUT2D eigenvalue weighted by Crippen LogP contribution is -2.62. The molecule has 0 aliphatic carbocycles. The van der Waals surface area contributed by atoms with E-state index in [0.29, 0.717) is 13.2 Å². The van der Waals surface area contributed by atoms with Gasteiger partial charge >= 0.3 is 8.80 Å². The standard InChI is InChI=1S/C17H30O3Si/c1-8-18-21(19-9-2,15-13-11-10-12-14-15)20-17(6,7)16(3,4)5/h10-14H,8-9H2,1-7H3. The van der Waals surface area contributed by atoms with Gasteiger partial charge in [-0.1, -0.05) is 51.1 Å². The van der Waals surface area contributed by atoms with E-state index in [4.69, 9.17) is 13.3 Å². The van der Waals surface area contributed by atoms with Gasteiger partial charge in [-0.15, -0.1) is 0 Å². The number of rotatable bonds is 7. The quantitative estimate of drug-likeness (QED) is 0.718. The van der Waals surface area contributed by atoms with Gasteiger partial charge in [0.05, 0.1) is 5.60 Å². The third kappa shape index (κ3) is 4.39. The summed E-state index contributed by atoms with van der Waals surface area (Å²) in [7, 11) is -2.92. The number of hydrogen-bond donors (Lipinski definition) is 0. The smallest absolute Gasteiger partial charge is 0.370 e. The monoisotopic (exact) mass is 310 g/mol. The highest BCUT2D eigenvalue weighted by atomic mass is 28.4. The van der Waals surface area contributed by atoms with Crippen molar-refractivity contribution in [2.24, 2.45) is 5.41 Å². The highest BCUT2D eigenvalue weighted by molar-refractivity contribution is 6.75. The SMILES string of the molecule is CCO[Si](OCC)(OC(C)(C)C(C)(C)C)c1ccccc1. The van der Waals surface area contributed by atoms with Crippen molar-refractivity contribution in [3.8, 4) is 0 Å². The fourth-order valence-corrected chi connectivity index (χ4v) is 4.83. The molecule has 0 amide bonds. The Morgan fingerprint density at radius 3 is 1.71 bits per heavy atom. The van der Waals surface area contributed by atoms with E-state index in [2.05, 4.69) is 34.6 Å². The van der Waals surface area contributed by atoms with Crippen LogP contribution >= 0.6 is 0 Å². The molecule has 0 saturated heterocycles. The van der Waals surface area contributed by atoms with E-state index in [1.54, 1.807) is 0 Å². The van der Waals surface area contributed by atoms with Crippen LogP contribution in [0.3, 0.4) is 0 Å². The Morgan fingerprint density at radius 2 is 1.33 bits per heavy atom. The second kappa shape index (κ2) is 7.05. The van der Waals surface area contributed by atoms with Crippen molar-refractivity contribution in [1.82, 2.24) is 0 Å². The first kappa shape index (κ1) is 18.4. The van der Waals surface area contributed by atoms with E-state index in [1.807, 2.05) is 44.2 Å². The summed E-state index contributed by atoms with van der Waals surface area (Å²) in [5.74, 6) is 0. The van der Waals surface area contributed by atoms with Crippen molar-refractivity contribution >= 4 is 14.0 Å². The summed E-state index contributed by atoms with van der Waals surface area (Å²) in [4.78, 5) is 0. The van der Waals surface area contributed by atoms with Gasteiger partial charge in [0.15, 0.2) is 0 Å². The predicted octanol–water partition coefficient (Wildman–Crippen LogP) is 3.75. The molecule has 1 aromatic rings. The van der Waals surface area contributed by atoms with Crippen LogP contribution in [0.1, 0.15) is 48.5 Å². The Kier molecular flexibility index (Phi) is 6.17. The molecule has 0 N–H and O–H groups in total. The van der Waals surface area contributed by atoms with Crippen molar-refractivity contribution in [2.45, 2.75) is 54.1 Å². The summed E-state index contributed by atoms with van der Waals surface area (Å²) in [6.07, 6.45) is 0. The Labute approximate surface area is 131 Å². The van der Waals surface area contributed by atoms with E-state index in [1.165, 1.54) is 0 Å². The van der Waals surface area contributed by atoms with Crippen LogP contribution in [0.15, 0.2) is 30.3 Å². The van der Waals surface area contributed by atoms with Crippen molar-refractivity contribution in [3.05, 3.63) is 30.3 Å². The lowest BCUT2D eigenvalue weighted by molar-refractivity contribution is -0.0611. The predicted molar refractivity (Wildman–Crippen MR) is 89.7 cm³/mol. The maximum absolute atomic E-state index is 6.55. The highest BCUT2D eigenvalue weighted by Crippen LogP contribution is 2.35. The van der Waals surface area contributed by atoms with E-state index >= 15 is 0 Å². The van der Waals surface area contributed by atoms with Crippen LogP contribution in [0.25, 0.3) is 0 Å². The van der Waals surface area contributed by atoms with E-state index in [-0.39, 0.29) is 11.0 Å². The first-order valence-electron chi connectivity index (χ1n) is 7.72. The van der Waals surface area contributed by atoms with Gasteiger partial charge in [-0.2, -0.15) is 0 Å². The van der Waals surface area contributed by atoms with Gasteiger partial charge in [-0.3, -0.25) is 0 Å². The molecule has 0 aliphatic heterocycles. The van der Waals surface area contributed by atoms with Crippen LogP contribution in [0, 0.1) is 5.41 Å². The van der Waals surface area contributed by atoms with Gasteiger partial charge in [0.1, 0.15) is 0 Å². The average Bonchev–Trinajstić information content (AvgIpc) is 2.38. The Hall–Kier alpha value is -0.683. The van der Waals surface area contributed by atoms with Crippen molar-refractivity contribution in [3.63, 3.8) is 0 Å². The number of benzene rings is 1. The van der Waals surface area contributed by atoms with Crippen LogP contribution < -0.4 is 5.19 Å². The van der Waals surface area contributed by atoms with E-state index in [0.717, 1.165) is 5.19 Å². The zero-order valence-corrected chi connectivity index (χ0v) is 15.5. The third-order valence-corrected chi connectivity index (χ3v) is 7.15. The third-order valence-electron chi connectivity index (χ3n) is 3.99. The molecule has 0 heterocycles. The molecule has 0 fully saturated rings. The van der Waals surface area contributed by atoms with E-state index in [9.17, 15) is 0 Å². The fraction of sp³-hybridized carbons (Fsp3) is 0.647. The minimum Gasteiger partial charge on any atom is -0.370 e. The highest BCUT2D eigenvalue weighted by Gasteiger charge is 2.50. The second-order valence-electron chi connectivity index (χ2n) is 6.65. The summed E-state index contributed by atoms with van der Waals surface area (Å²) in [6, 6.07) is 10.1. The van der Waals surface area contributed by atoms with Crippen LogP contribution in [-0.4, -0.2) is 27.6 Å². The zero-order valence-electron chi connectivity index (χ0n) is 14.5. The molecule has 0 radical (unpaired) electrons. The van der Waals surface area contributed by atoms with E-state index < -0.39 is 8.80 Å². The molecule has 21 heavy (non-hydrogen) atoms. The molecule has 0 atom stereocenters. The minimum atomic E-state index is -2.92. The van der Waals surface area contributed by atoms with Crippen LogP contribution in [0.5, 0.6) is 0 Å². The topological polar surface area (TPSA) is 27.7 Å². The minimum absolute atomic E-state index is 0.0196. The van der Waals surface area contributed by atoms with Crippen molar-refractivity contribution in [1.29, 1.82) is 0 Å². The Bertz CT molecular complexity index is 417. The molecule has 3 nitrogen and oxygen atoms in total. The average molecular weight is 311 g/mol. The lowest BCUT2D eigenvalue weighted by Gasteiger charge is -2.44. The van der Waals surface area contributed by atoms with Gasteiger partial charge in [-0.05, 0) is 33.1 Å². The summed E-state index contributed by atoms with van der Waals surface area (Å²) < 4.78 is 18.7. The lowest BCUT2D eigenvalue weighted by atomic mass is 9.79. The molecule has 0 bridgehead atoms. The molecule has 0 aliphatic rings. The molecule has 0 aromatic heterocycles. The van der Waals surface area contributed by atoms with Crippen molar-refractivity contribution in [2.75, 3.05) is 13.2 Å². The fourth-order valence-electron chi connectivity index (χ4n) is 1.84. The van der Waals surface area contributed by atoms with Crippen LogP contribution in [0.4, 0.5) is 0 Å².